The van der Waals surface area contributed by atoms with Gasteiger partial charge in [0.25, 0.3) is 5.91 Å². The third-order valence-electron chi connectivity index (χ3n) is 5.09. The molecule has 4 aromatic rings. The first kappa shape index (κ1) is 18.5. The number of para-hydroxylation sites is 1. The largest absolute Gasteiger partial charge is 0.359 e. The number of carbonyl (C=O) groups is 2. The van der Waals surface area contributed by atoms with Crippen molar-refractivity contribution in [3.05, 3.63) is 72.2 Å². The molecule has 8 heteroatoms. The van der Waals surface area contributed by atoms with E-state index in [0.29, 0.717) is 17.9 Å². The SMILES string of the molecule is Cn1ccc(CN2C(=O)CSc3ccc(C(=O)Nc4c[nH]c5ccccc45)cc32)n1. The Kier molecular flexibility index (Phi) is 4.55. The molecule has 3 heterocycles. The summed E-state index contributed by atoms with van der Waals surface area (Å²) in [7, 11) is 1.85. The molecule has 7 nitrogen and oxygen atoms in total. The van der Waals surface area contributed by atoms with Gasteiger partial charge >= 0.3 is 0 Å². The number of hydrogen-bond acceptors (Lipinski definition) is 4. The summed E-state index contributed by atoms with van der Waals surface area (Å²) in [6.45, 7) is 0.376. The van der Waals surface area contributed by atoms with Crippen LogP contribution in [-0.2, 0) is 18.4 Å². The average Bonchev–Trinajstić information content (AvgIpc) is 3.36. The molecule has 1 aliphatic heterocycles. The number of fused-ring (bicyclic) bond motifs is 2. The van der Waals surface area contributed by atoms with Crippen molar-refractivity contribution in [3.63, 3.8) is 0 Å². The van der Waals surface area contributed by atoms with Crippen LogP contribution in [0.1, 0.15) is 16.1 Å². The van der Waals surface area contributed by atoms with Crippen LogP contribution in [0.4, 0.5) is 11.4 Å². The number of nitrogens with zero attached hydrogens (tertiary/aromatic N) is 3. The number of amides is 2. The number of H-pyrrole nitrogens is 1. The van der Waals surface area contributed by atoms with Crippen molar-refractivity contribution in [3.8, 4) is 0 Å². The Balaban J connectivity index is 1.44. The van der Waals surface area contributed by atoms with E-state index in [1.54, 1.807) is 27.9 Å². The molecular formula is C22H19N5O2S. The van der Waals surface area contributed by atoms with Gasteiger partial charge in [0.15, 0.2) is 0 Å². The number of benzene rings is 2. The smallest absolute Gasteiger partial charge is 0.255 e. The molecule has 0 fully saturated rings. The van der Waals surface area contributed by atoms with Gasteiger partial charge in [-0.2, -0.15) is 5.10 Å². The van der Waals surface area contributed by atoms with Gasteiger partial charge in [-0.05, 0) is 30.3 Å². The molecule has 30 heavy (non-hydrogen) atoms. The van der Waals surface area contributed by atoms with Crippen LogP contribution >= 0.6 is 11.8 Å². The van der Waals surface area contributed by atoms with Gasteiger partial charge < -0.3 is 15.2 Å². The quantitative estimate of drug-likeness (QED) is 0.529. The average molecular weight is 417 g/mol. The number of anilines is 2. The summed E-state index contributed by atoms with van der Waals surface area (Å²) >= 11 is 1.49. The fourth-order valence-electron chi connectivity index (χ4n) is 3.60. The van der Waals surface area contributed by atoms with Crippen molar-refractivity contribution in [2.45, 2.75) is 11.4 Å². The molecule has 0 radical (unpaired) electrons. The maximum atomic E-state index is 12.9. The third-order valence-corrected chi connectivity index (χ3v) is 6.14. The lowest BCUT2D eigenvalue weighted by molar-refractivity contribution is -0.116. The van der Waals surface area contributed by atoms with Crippen molar-refractivity contribution in [2.75, 3.05) is 16.0 Å². The summed E-state index contributed by atoms with van der Waals surface area (Å²) in [5.41, 5.74) is 3.73. The van der Waals surface area contributed by atoms with Gasteiger partial charge in [0.05, 0.1) is 29.4 Å². The van der Waals surface area contributed by atoms with E-state index in [4.69, 9.17) is 0 Å². The van der Waals surface area contributed by atoms with Crippen molar-refractivity contribution in [1.29, 1.82) is 0 Å². The van der Waals surface area contributed by atoms with Crippen LogP contribution in [0.2, 0.25) is 0 Å². The Morgan fingerprint density at radius 3 is 2.93 bits per heavy atom. The number of thioether (sulfide) groups is 1. The van der Waals surface area contributed by atoms with Gasteiger partial charge in [0.2, 0.25) is 5.91 Å². The highest BCUT2D eigenvalue weighted by atomic mass is 32.2. The van der Waals surface area contributed by atoms with Crippen LogP contribution in [0.3, 0.4) is 0 Å². The number of aromatic amines is 1. The minimum absolute atomic E-state index is 0.00680. The molecule has 2 amide bonds. The van der Waals surface area contributed by atoms with Crippen LogP contribution in [-0.4, -0.2) is 32.3 Å². The summed E-state index contributed by atoms with van der Waals surface area (Å²) in [6.07, 6.45) is 3.64. The van der Waals surface area contributed by atoms with Crippen molar-refractivity contribution >= 4 is 45.9 Å². The lowest BCUT2D eigenvalue weighted by Gasteiger charge is -2.28. The normalized spacial score (nSPS) is 13.5. The first-order chi connectivity index (χ1) is 14.6. The van der Waals surface area contributed by atoms with Gasteiger partial charge in [-0.3, -0.25) is 14.3 Å². The highest BCUT2D eigenvalue weighted by molar-refractivity contribution is 8.00. The fraction of sp³-hybridized carbons (Fsp3) is 0.136. The monoisotopic (exact) mass is 417 g/mol. The van der Waals surface area contributed by atoms with E-state index in [9.17, 15) is 9.59 Å². The van der Waals surface area contributed by atoms with E-state index >= 15 is 0 Å². The molecule has 0 aliphatic carbocycles. The molecule has 150 valence electrons. The molecule has 5 rings (SSSR count). The van der Waals surface area contributed by atoms with Crippen LogP contribution in [0.25, 0.3) is 10.9 Å². The third kappa shape index (κ3) is 3.35. The second-order valence-electron chi connectivity index (χ2n) is 7.13. The first-order valence-corrected chi connectivity index (χ1v) is 10.5. The summed E-state index contributed by atoms with van der Waals surface area (Å²) in [5.74, 6) is 0.163. The molecule has 0 spiro atoms. The molecule has 0 saturated carbocycles. The molecule has 0 atom stereocenters. The second-order valence-corrected chi connectivity index (χ2v) is 8.15. The number of nitrogens with one attached hydrogen (secondary N) is 2. The number of rotatable bonds is 4. The number of aryl methyl sites for hydroxylation is 1. The molecular weight excluding hydrogens is 398 g/mol. The molecule has 0 unspecified atom stereocenters. The predicted molar refractivity (Wildman–Crippen MR) is 118 cm³/mol. The zero-order chi connectivity index (χ0) is 20.7. The Labute approximate surface area is 177 Å². The van der Waals surface area contributed by atoms with E-state index in [2.05, 4.69) is 15.4 Å². The van der Waals surface area contributed by atoms with Crippen molar-refractivity contribution < 1.29 is 9.59 Å². The van der Waals surface area contributed by atoms with Crippen LogP contribution in [0.15, 0.2) is 65.8 Å². The minimum atomic E-state index is -0.219. The van der Waals surface area contributed by atoms with E-state index < -0.39 is 0 Å². The van der Waals surface area contributed by atoms with Gasteiger partial charge in [0.1, 0.15) is 0 Å². The van der Waals surface area contributed by atoms with E-state index in [-0.39, 0.29) is 11.8 Å². The molecule has 0 bridgehead atoms. The van der Waals surface area contributed by atoms with Crippen LogP contribution in [0.5, 0.6) is 0 Å². The van der Waals surface area contributed by atoms with E-state index in [1.807, 2.05) is 49.6 Å². The maximum Gasteiger partial charge on any atom is 0.255 e. The van der Waals surface area contributed by atoms with Gasteiger partial charge in [-0.1, -0.05) is 18.2 Å². The first-order valence-electron chi connectivity index (χ1n) is 9.52. The standard InChI is InChI=1S/C22H19N5O2S/c1-26-9-8-15(25-26)12-27-19-10-14(6-7-20(19)30-13-21(27)28)22(29)24-18-11-23-17-5-3-2-4-16(17)18/h2-11,23H,12-13H2,1H3,(H,24,29). The summed E-state index contributed by atoms with van der Waals surface area (Å²) in [5, 5.41) is 8.30. The zero-order valence-electron chi connectivity index (χ0n) is 16.3. The van der Waals surface area contributed by atoms with Gasteiger partial charge in [0, 0.05) is 40.8 Å². The number of carbonyl (C=O) groups excluding carboxylic acids is 2. The molecule has 1 aliphatic rings. The Morgan fingerprint density at radius 2 is 2.10 bits per heavy atom. The van der Waals surface area contributed by atoms with E-state index in [0.717, 1.165) is 32.9 Å². The topological polar surface area (TPSA) is 83.0 Å². The lowest BCUT2D eigenvalue weighted by Crippen LogP contribution is -2.35. The van der Waals surface area contributed by atoms with Crippen molar-refractivity contribution in [1.82, 2.24) is 14.8 Å². The van der Waals surface area contributed by atoms with Crippen LogP contribution in [0, 0.1) is 0 Å². The predicted octanol–water partition coefficient (Wildman–Crippen LogP) is 3.79. The van der Waals surface area contributed by atoms with E-state index in [1.165, 1.54) is 11.8 Å². The summed E-state index contributed by atoms with van der Waals surface area (Å²) in [6, 6.07) is 15.2. The second kappa shape index (κ2) is 7.38. The summed E-state index contributed by atoms with van der Waals surface area (Å²) in [4.78, 5) is 31.4. The Hall–Kier alpha value is -3.52. The lowest BCUT2D eigenvalue weighted by atomic mass is 10.1. The Morgan fingerprint density at radius 1 is 1.23 bits per heavy atom. The van der Waals surface area contributed by atoms with Crippen LogP contribution < -0.4 is 10.2 Å². The van der Waals surface area contributed by atoms with Crippen molar-refractivity contribution in [2.24, 2.45) is 7.05 Å². The molecule has 0 saturated heterocycles. The molecule has 2 aromatic heterocycles. The number of hydrogen-bond donors (Lipinski definition) is 2. The fourth-order valence-corrected chi connectivity index (χ4v) is 4.51. The highest BCUT2D eigenvalue weighted by Gasteiger charge is 2.26. The van der Waals surface area contributed by atoms with Gasteiger partial charge in [-0.15, -0.1) is 11.8 Å². The Bertz CT molecular complexity index is 1280. The number of aromatic nitrogens is 3. The molecule has 2 aromatic carbocycles. The van der Waals surface area contributed by atoms with Gasteiger partial charge in [-0.25, -0.2) is 0 Å². The minimum Gasteiger partial charge on any atom is -0.359 e. The summed E-state index contributed by atoms with van der Waals surface area (Å²) < 4.78 is 1.71. The maximum absolute atomic E-state index is 12.9. The molecule has 2 N–H and O–H groups in total. The zero-order valence-corrected chi connectivity index (χ0v) is 17.1. The highest BCUT2D eigenvalue weighted by Crippen LogP contribution is 2.37.